The minimum Gasteiger partial charge on any atom is -0.492 e. The smallest absolute Gasteiger partial charge is 0.119 e. The van der Waals surface area contributed by atoms with E-state index in [1.54, 1.807) is 12.5 Å². The van der Waals surface area contributed by atoms with Crippen LogP contribution in [0.1, 0.15) is 19.4 Å². The molecule has 0 aliphatic rings. The Morgan fingerprint density at radius 3 is 3.00 bits per heavy atom. The molecule has 20 heavy (non-hydrogen) atoms. The maximum Gasteiger partial charge on any atom is 0.119 e. The Kier molecular flexibility index (Phi) is 5.62. The first-order chi connectivity index (χ1) is 9.74. The Morgan fingerprint density at radius 1 is 1.35 bits per heavy atom. The Morgan fingerprint density at radius 2 is 2.25 bits per heavy atom. The van der Waals surface area contributed by atoms with Gasteiger partial charge in [0.25, 0.3) is 0 Å². The first-order valence-electron chi connectivity index (χ1n) is 7.12. The van der Waals surface area contributed by atoms with Crippen molar-refractivity contribution in [3.63, 3.8) is 0 Å². The van der Waals surface area contributed by atoms with Crippen LogP contribution < -0.4 is 10.1 Å². The molecule has 0 saturated carbocycles. The highest BCUT2D eigenvalue weighted by atomic mass is 16.5. The molecule has 0 fully saturated rings. The van der Waals surface area contributed by atoms with E-state index < -0.39 is 0 Å². The summed E-state index contributed by atoms with van der Waals surface area (Å²) >= 11 is 0. The lowest BCUT2D eigenvalue weighted by Crippen LogP contribution is -2.18. The molecule has 0 amide bonds. The normalized spacial score (nSPS) is 10.9. The molecular weight excluding hydrogens is 250 g/mol. The summed E-state index contributed by atoms with van der Waals surface area (Å²) in [5.41, 5.74) is 1.26. The molecule has 0 aliphatic heterocycles. The number of hydrogen-bond donors (Lipinski definition) is 1. The van der Waals surface area contributed by atoms with Gasteiger partial charge in [-0.15, -0.1) is 0 Å². The molecule has 0 spiro atoms. The maximum atomic E-state index is 5.77. The van der Waals surface area contributed by atoms with Crippen molar-refractivity contribution in [2.24, 2.45) is 5.92 Å². The Hall–Kier alpha value is -1.81. The summed E-state index contributed by atoms with van der Waals surface area (Å²) in [7, 11) is 0. The highest BCUT2D eigenvalue weighted by Crippen LogP contribution is 2.13. The van der Waals surface area contributed by atoms with Crippen LogP contribution in [0.15, 0.2) is 43.0 Å². The molecule has 0 unspecified atom stereocenters. The standard InChI is InChI=1S/C16H23N3O/c1-14(2)11-18-12-15-4-3-5-16(10-15)20-9-8-19-7-6-17-13-19/h3-7,10,13-14,18H,8-9,11-12H2,1-2H3. The summed E-state index contributed by atoms with van der Waals surface area (Å²) in [5.74, 6) is 1.60. The zero-order chi connectivity index (χ0) is 14.2. The molecule has 1 aromatic carbocycles. The van der Waals surface area contributed by atoms with E-state index in [9.17, 15) is 0 Å². The number of benzene rings is 1. The van der Waals surface area contributed by atoms with E-state index in [1.165, 1.54) is 5.56 Å². The maximum absolute atomic E-state index is 5.77. The van der Waals surface area contributed by atoms with Gasteiger partial charge in [-0.3, -0.25) is 0 Å². The monoisotopic (exact) mass is 273 g/mol. The largest absolute Gasteiger partial charge is 0.492 e. The lowest BCUT2D eigenvalue weighted by molar-refractivity contribution is 0.298. The van der Waals surface area contributed by atoms with Gasteiger partial charge in [0.2, 0.25) is 0 Å². The van der Waals surface area contributed by atoms with Crippen LogP contribution in [0.3, 0.4) is 0 Å². The summed E-state index contributed by atoms with van der Waals surface area (Å²) in [6.45, 7) is 7.81. The average Bonchev–Trinajstić information content (AvgIpc) is 2.92. The third-order valence-electron chi connectivity index (χ3n) is 2.96. The number of rotatable bonds is 8. The van der Waals surface area contributed by atoms with Crippen LogP contribution in [0, 0.1) is 5.92 Å². The Balaban J connectivity index is 1.77. The predicted octanol–water partition coefficient (Wildman–Crippen LogP) is 2.71. The number of ether oxygens (including phenoxy) is 1. The summed E-state index contributed by atoms with van der Waals surface area (Å²) in [5, 5.41) is 3.44. The van der Waals surface area contributed by atoms with Gasteiger partial charge in [-0.1, -0.05) is 26.0 Å². The molecule has 0 radical (unpaired) electrons. The molecule has 4 nitrogen and oxygen atoms in total. The number of aromatic nitrogens is 2. The van der Waals surface area contributed by atoms with E-state index in [-0.39, 0.29) is 0 Å². The molecule has 1 N–H and O–H groups in total. The van der Waals surface area contributed by atoms with Crippen LogP contribution in [-0.2, 0) is 13.1 Å². The van der Waals surface area contributed by atoms with Gasteiger partial charge in [-0.2, -0.15) is 0 Å². The fourth-order valence-electron chi connectivity index (χ4n) is 1.94. The molecule has 2 aromatic rings. The van der Waals surface area contributed by atoms with Crippen LogP contribution in [-0.4, -0.2) is 22.7 Å². The second-order valence-electron chi connectivity index (χ2n) is 5.32. The van der Waals surface area contributed by atoms with E-state index >= 15 is 0 Å². The van der Waals surface area contributed by atoms with Crippen LogP contribution in [0.4, 0.5) is 0 Å². The average molecular weight is 273 g/mol. The second kappa shape index (κ2) is 7.70. The van der Waals surface area contributed by atoms with Crippen molar-refractivity contribution >= 4 is 0 Å². The molecule has 0 saturated heterocycles. The van der Waals surface area contributed by atoms with Crippen molar-refractivity contribution in [3.05, 3.63) is 48.5 Å². The number of nitrogens with one attached hydrogen (secondary N) is 1. The van der Waals surface area contributed by atoms with Crippen molar-refractivity contribution in [2.75, 3.05) is 13.2 Å². The van der Waals surface area contributed by atoms with E-state index in [2.05, 4.69) is 36.3 Å². The molecule has 2 rings (SSSR count). The fraction of sp³-hybridized carbons (Fsp3) is 0.438. The Labute approximate surface area is 120 Å². The predicted molar refractivity (Wildman–Crippen MR) is 80.7 cm³/mol. The van der Waals surface area contributed by atoms with Crippen molar-refractivity contribution in [1.82, 2.24) is 14.9 Å². The van der Waals surface area contributed by atoms with Crippen molar-refractivity contribution in [3.8, 4) is 5.75 Å². The first-order valence-corrected chi connectivity index (χ1v) is 7.12. The summed E-state index contributed by atoms with van der Waals surface area (Å²) in [4.78, 5) is 4.01. The molecule has 1 aromatic heterocycles. The molecular formula is C16H23N3O. The SMILES string of the molecule is CC(C)CNCc1cccc(OCCn2ccnc2)c1. The van der Waals surface area contributed by atoms with E-state index in [0.29, 0.717) is 12.5 Å². The van der Waals surface area contributed by atoms with Crippen LogP contribution >= 0.6 is 0 Å². The van der Waals surface area contributed by atoms with Gasteiger partial charge in [0.05, 0.1) is 12.9 Å². The molecule has 4 heteroatoms. The van der Waals surface area contributed by atoms with E-state index in [0.717, 1.165) is 25.4 Å². The number of imidazole rings is 1. The van der Waals surface area contributed by atoms with Gasteiger partial charge in [-0.25, -0.2) is 4.98 Å². The highest BCUT2D eigenvalue weighted by molar-refractivity contribution is 5.28. The fourth-order valence-corrected chi connectivity index (χ4v) is 1.94. The number of hydrogen-bond acceptors (Lipinski definition) is 3. The third-order valence-corrected chi connectivity index (χ3v) is 2.96. The highest BCUT2D eigenvalue weighted by Gasteiger charge is 1.99. The van der Waals surface area contributed by atoms with Gasteiger partial charge in [0, 0.05) is 18.9 Å². The Bertz CT molecular complexity index is 494. The first kappa shape index (κ1) is 14.6. The van der Waals surface area contributed by atoms with Gasteiger partial charge in [0.15, 0.2) is 0 Å². The summed E-state index contributed by atoms with van der Waals surface area (Å²) in [6, 6.07) is 8.26. The van der Waals surface area contributed by atoms with Crippen molar-refractivity contribution < 1.29 is 4.74 Å². The summed E-state index contributed by atoms with van der Waals surface area (Å²) in [6.07, 6.45) is 5.52. The molecule has 0 atom stereocenters. The van der Waals surface area contributed by atoms with Crippen molar-refractivity contribution in [1.29, 1.82) is 0 Å². The third kappa shape index (κ3) is 5.05. The van der Waals surface area contributed by atoms with Crippen molar-refractivity contribution in [2.45, 2.75) is 26.9 Å². The lowest BCUT2D eigenvalue weighted by Gasteiger charge is -2.10. The minimum atomic E-state index is 0.652. The zero-order valence-electron chi connectivity index (χ0n) is 12.2. The molecule has 0 bridgehead atoms. The molecule has 108 valence electrons. The van der Waals surface area contributed by atoms with E-state index in [4.69, 9.17) is 4.74 Å². The molecule has 0 aliphatic carbocycles. The number of nitrogens with zero attached hydrogens (tertiary/aromatic N) is 2. The molecule has 1 heterocycles. The van der Waals surface area contributed by atoms with Gasteiger partial charge >= 0.3 is 0 Å². The van der Waals surface area contributed by atoms with Crippen LogP contribution in [0.5, 0.6) is 5.75 Å². The summed E-state index contributed by atoms with van der Waals surface area (Å²) < 4.78 is 7.78. The van der Waals surface area contributed by atoms with E-state index in [1.807, 2.05) is 22.9 Å². The van der Waals surface area contributed by atoms with Gasteiger partial charge in [-0.05, 0) is 30.2 Å². The van der Waals surface area contributed by atoms with Gasteiger partial charge in [0.1, 0.15) is 12.4 Å². The minimum absolute atomic E-state index is 0.652. The lowest BCUT2D eigenvalue weighted by atomic mass is 10.2. The second-order valence-corrected chi connectivity index (χ2v) is 5.32. The zero-order valence-corrected chi connectivity index (χ0v) is 12.2. The van der Waals surface area contributed by atoms with Crippen LogP contribution in [0.25, 0.3) is 0 Å². The van der Waals surface area contributed by atoms with Gasteiger partial charge < -0.3 is 14.6 Å². The quantitative estimate of drug-likeness (QED) is 0.804. The topological polar surface area (TPSA) is 39.1 Å². The van der Waals surface area contributed by atoms with Crippen LogP contribution in [0.2, 0.25) is 0 Å².